The van der Waals surface area contributed by atoms with Crippen LogP contribution < -0.4 is 5.32 Å². The lowest BCUT2D eigenvalue weighted by atomic mass is 10.1. The second-order valence-corrected chi connectivity index (χ2v) is 7.28. The molecule has 1 N–H and O–H groups in total. The van der Waals surface area contributed by atoms with E-state index in [1.165, 1.54) is 0 Å². The minimum absolute atomic E-state index is 0.0743. The van der Waals surface area contributed by atoms with Crippen LogP contribution in [-0.2, 0) is 4.79 Å². The fourth-order valence-electron chi connectivity index (χ4n) is 2.65. The Morgan fingerprint density at radius 2 is 1.96 bits per heavy atom. The number of amides is 1. The summed E-state index contributed by atoms with van der Waals surface area (Å²) < 4.78 is 5.76. The van der Waals surface area contributed by atoms with Gasteiger partial charge in [0.15, 0.2) is 0 Å². The van der Waals surface area contributed by atoms with E-state index in [1.807, 2.05) is 68.4 Å². The third-order valence-electron chi connectivity index (χ3n) is 4.33. The lowest BCUT2D eigenvalue weighted by Gasteiger charge is -2.21. The molecule has 2 aromatic heterocycles. The maximum absolute atomic E-state index is 12.4. The van der Waals surface area contributed by atoms with Crippen LogP contribution in [0.1, 0.15) is 30.0 Å². The van der Waals surface area contributed by atoms with Crippen molar-refractivity contribution >= 4 is 22.9 Å². The molecule has 0 fully saturated rings. The summed E-state index contributed by atoms with van der Waals surface area (Å²) in [7, 11) is 1.87. The van der Waals surface area contributed by atoms with Gasteiger partial charge in [-0.05, 0) is 50.4 Å². The minimum atomic E-state index is -0.167. The van der Waals surface area contributed by atoms with Crippen LogP contribution >= 0.6 is 11.3 Å². The fourth-order valence-corrected chi connectivity index (χ4v) is 3.29. The quantitative estimate of drug-likeness (QED) is 0.709. The molecule has 0 saturated carbocycles. The molecule has 0 saturated heterocycles. The first-order valence-electron chi connectivity index (χ1n) is 8.39. The summed E-state index contributed by atoms with van der Waals surface area (Å²) >= 11 is 1.55. The zero-order valence-electron chi connectivity index (χ0n) is 15.3. The molecule has 0 aliphatic heterocycles. The van der Waals surface area contributed by atoms with Crippen molar-refractivity contribution in [3.05, 3.63) is 52.7 Å². The zero-order chi connectivity index (χ0) is 18.7. The van der Waals surface area contributed by atoms with E-state index < -0.39 is 0 Å². The van der Waals surface area contributed by atoms with Gasteiger partial charge in [0.2, 0.25) is 11.8 Å². The number of hydrogen-bond donors (Lipinski definition) is 1. The van der Waals surface area contributed by atoms with Gasteiger partial charge in [0, 0.05) is 5.69 Å². The molecule has 2 heterocycles. The number of thiophene rings is 1. The maximum atomic E-state index is 12.4. The van der Waals surface area contributed by atoms with Crippen molar-refractivity contribution in [2.45, 2.75) is 26.8 Å². The Balaban J connectivity index is 1.64. The summed E-state index contributed by atoms with van der Waals surface area (Å²) in [5.41, 5.74) is 2.97. The summed E-state index contributed by atoms with van der Waals surface area (Å²) in [6.07, 6.45) is 0. The van der Waals surface area contributed by atoms with Crippen molar-refractivity contribution in [3.63, 3.8) is 0 Å². The number of hydrogen-bond acceptors (Lipinski definition) is 6. The van der Waals surface area contributed by atoms with Gasteiger partial charge in [-0.3, -0.25) is 9.69 Å². The highest BCUT2D eigenvalue weighted by molar-refractivity contribution is 7.13. The Bertz CT molecular complexity index is 869. The zero-order valence-corrected chi connectivity index (χ0v) is 16.1. The monoisotopic (exact) mass is 370 g/mol. The van der Waals surface area contributed by atoms with Crippen LogP contribution in [0.25, 0.3) is 10.8 Å². The largest absolute Gasteiger partial charge is 0.418 e. The van der Waals surface area contributed by atoms with Crippen molar-refractivity contribution in [1.82, 2.24) is 15.1 Å². The standard InChI is InChI=1S/C19H22N4O2S/c1-12-7-5-8-13(2)17(12)20-16(24)11-23(4)14(3)18-21-22-19(25-18)15-9-6-10-26-15/h5-10,14H,11H2,1-4H3,(H,20,24)/t14-/m0/s1. The Kier molecular flexibility index (Phi) is 5.49. The molecule has 1 amide bonds. The number of aryl methyl sites for hydroxylation is 2. The van der Waals surface area contributed by atoms with Crippen LogP contribution in [0.3, 0.4) is 0 Å². The summed E-state index contributed by atoms with van der Waals surface area (Å²) in [5, 5.41) is 13.2. The Morgan fingerprint density at radius 3 is 2.62 bits per heavy atom. The number of para-hydroxylation sites is 1. The van der Waals surface area contributed by atoms with Gasteiger partial charge in [-0.25, -0.2) is 0 Å². The SMILES string of the molecule is Cc1cccc(C)c1NC(=O)CN(C)[C@@H](C)c1nnc(-c2cccs2)o1. The molecular weight excluding hydrogens is 348 g/mol. The molecule has 1 aromatic carbocycles. The molecular formula is C19H22N4O2S. The molecule has 1 atom stereocenters. The number of benzene rings is 1. The van der Waals surface area contributed by atoms with E-state index in [0.29, 0.717) is 11.8 Å². The third kappa shape index (κ3) is 4.00. The Hall–Kier alpha value is -2.51. The van der Waals surface area contributed by atoms with Crippen molar-refractivity contribution in [1.29, 1.82) is 0 Å². The van der Waals surface area contributed by atoms with E-state index in [-0.39, 0.29) is 18.5 Å². The summed E-state index contributed by atoms with van der Waals surface area (Å²) in [6, 6.07) is 9.67. The number of carbonyl (C=O) groups is 1. The van der Waals surface area contributed by atoms with Crippen molar-refractivity contribution in [2.24, 2.45) is 0 Å². The summed E-state index contributed by atoms with van der Waals surface area (Å²) in [6.45, 7) is 6.14. The predicted molar refractivity (Wildman–Crippen MR) is 103 cm³/mol. The van der Waals surface area contributed by atoms with Gasteiger partial charge in [-0.1, -0.05) is 24.3 Å². The van der Waals surface area contributed by atoms with Gasteiger partial charge in [0.1, 0.15) is 0 Å². The molecule has 6 nitrogen and oxygen atoms in total. The predicted octanol–water partition coefficient (Wildman–Crippen LogP) is 4.05. The molecule has 0 unspecified atom stereocenters. The van der Waals surface area contributed by atoms with Gasteiger partial charge in [-0.2, -0.15) is 0 Å². The lowest BCUT2D eigenvalue weighted by molar-refractivity contribution is -0.117. The lowest BCUT2D eigenvalue weighted by Crippen LogP contribution is -2.32. The number of likely N-dealkylation sites (N-methyl/N-ethyl adjacent to an activating group) is 1. The molecule has 0 aliphatic rings. The van der Waals surface area contributed by atoms with Gasteiger partial charge in [-0.15, -0.1) is 21.5 Å². The van der Waals surface area contributed by atoms with E-state index in [1.54, 1.807) is 11.3 Å². The van der Waals surface area contributed by atoms with Crippen LogP contribution in [0.2, 0.25) is 0 Å². The highest BCUT2D eigenvalue weighted by atomic mass is 32.1. The van der Waals surface area contributed by atoms with Crippen LogP contribution in [0.5, 0.6) is 0 Å². The molecule has 26 heavy (non-hydrogen) atoms. The molecule has 7 heteroatoms. The van der Waals surface area contributed by atoms with Crippen molar-refractivity contribution in [2.75, 3.05) is 18.9 Å². The maximum Gasteiger partial charge on any atom is 0.257 e. The normalized spacial score (nSPS) is 12.3. The first-order chi connectivity index (χ1) is 12.5. The third-order valence-corrected chi connectivity index (χ3v) is 5.19. The van der Waals surface area contributed by atoms with Crippen LogP contribution in [-0.4, -0.2) is 34.6 Å². The van der Waals surface area contributed by atoms with Crippen LogP contribution in [0, 0.1) is 13.8 Å². The van der Waals surface area contributed by atoms with Crippen LogP contribution in [0.15, 0.2) is 40.1 Å². The molecule has 136 valence electrons. The topological polar surface area (TPSA) is 71.3 Å². The van der Waals surface area contributed by atoms with E-state index in [4.69, 9.17) is 4.42 Å². The summed E-state index contributed by atoms with van der Waals surface area (Å²) in [4.78, 5) is 15.3. The van der Waals surface area contributed by atoms with Crippen molar-refractivity contribution in [3.8, 4) is 10.8 Å². The fraction of sp³-hybridized carbons (Fsp3) is 0.316. The van der Waals surface area contributed by atoms with Gasteiger partial charge < -0.3 is 9.73 Å². The molecule has 0 spiro atoms. The van der Waals surface area contributed by atoms with Crippen LogP contribution in [0.4, 0.5) is 5.69 Å². The Labute approximate surface area is 156 Å². The van der Waals surface area contributed by atoms with Gasteiger partial charge >= 0.3 is 0 Å². The molecule has 0 bridgehead atoms. The number of aromatic nitrogens is 2. The van der Waals surface area contributed by atoms with Gasteiger partial charge in [0.05, 0.1) is 17.5 Å². The minimum Gasteiger partial charge on any atom is -0.418 e. The highest BCUT2D eigenvalue weighted by Crippen LogP contribution is 2.26. The number of rotatable bonds is 6. The molecule has 0 radical (unpaired) electrons. The second-order valence-electron chi connectivity index (χ2n) is 6.33. The summed E-state index contributed by atoms with van der Waals surface area (Å²) in [5.74, 6) is 0.931. The number of nitrogens with zero attached hydrogens (tertiary/aromatic N) is 3. The smallest absolute Gasteiger partial charge is 0.257 e. The average molecular weight is 370 g/mol. The average Bonchev–Trinajstić information content (AvgIpc) is 3.28. The molecule has 0 aliphatic carbocycles. The van der Waals surface area contributed by atoms with E-state index in [9.17, 15) is 4.79 Å². The first-order valence-corrected chi connectivity index (χ1v) is 9.27. The first kappa shape index (κ1) is 18.3. The van der Waals surface area contributed by atoms with E-state index in [2.05, 4.69) is 15.5 Å². The van der Waals surface area contributed by atoms with Crippen molar-refractivity contribution < 1.29 is 9.21 Å². The second kappa shape index (κ2) is 7.80. The van der Waals surface area contributed by atoms with Gasteiger partial charge in [0.25, 0.3) is 5.89 Å². The van der Waals surface area contributed by atoms with E-state index in [0.717, 1.165) is 21.7 Å². The molecule has 3 rings (SSSR count). The van der Waals surface area contributed by atoms with E-state index >= 15 is 0 Å². The number of anilines is 1. The highest BCUT2D eigenvalue weighted by Gasteiger charge is 2.21. The number of nitrogens with one attached hydrogen (secondary N) is 1. The Morgan fingerprint density at radius 1 is 1.23 bits per heavy atom. The number of carbonyl (C=O) groups excluding carboxylic acids is 1. The molecule has 3 aromatic rings.